The van der Waals surface area contributed by atoms with Gasteiger partial charge in [-0.15, -0.1) is 0 Å². The van der Waals surface area contributed by atoms with Crippen molar-refractivity contribution < 1.29 is 19.0 Å². The standard InChI is InChI=1S/C7H12O4/c1-9-6(8)4-5-7(10-2)11-3/h4-5,7H,1-3H3/b5-4+. The Kier molecular flexibility index (Phi) is 5.42. The van der Waals surface area contributed by atoms with Crippen LogP contribution in [0.4, 0.5) is 0 Å². The van der Waals surface area contributed by atoms with Crippen molar-refractivity contribution >= 4 is 5.97 Å². The van der Waals surface area contributed by atoms with Crippen LogP contribution in [0.3, 0.4) is 0 Å². The summed E-state index contributed by atoms with van der Waals surface area (Å²) in [7, 11) is 4.27. The van der Waals surface area contributed by atoms with E-state index >= 15 is 0 Å². The molecule has 4 heteroatoms. The maximum absolute atomic E-state index is 10.5. The molecule has 11 heavy (non-hydrogen) atoms. The summed E-state index contributed by atoms with van der Waals surface area (Å²) in [6.07, 6.45) is 2.22. The third-order valence-corrected chi connectivity index (χ3v) is 1.06. The molecule has 0 aliphatic carbocycles. The van der Waals surface area contributed by atoms with Crippen LogP contribution in [0.2, 0.25) is 0 Å². The molecule has 0 heterocycles. The van der Waals surface area contributed by atoms with E-state index in [9.17, 15) is 4.79 Å². The molecule has 0 spiro atoms. The van der Waals surface area contributed by atoms with Crippen LogP contribution in [-0.2, 0) is 19.0 Å². The van der Waals surface area contributed by atoms with Gasteiger partial charge < -0.3 is 14.2 Å². The quantitative estimate of drug-likeness (QED) is 0.338. The average Bonchev–Trinajstić information content (AvgIpc) is 2.06. The van der Waals surface area contributed by atoms with Crippen molar-refractivity contribution in [2.24, 2.45) is 0 Å². The molecule has 0 rings (SSSR count). The van der Waals surface area contributed by atoms with Gasteiger partial charge in [0.25, 0.3) is 0 Å². The van der Waals surface area contributed by atoms with E-state index in [4.69, 9.17) is 9.47 Å². The molecule has 0 unspecified atom stereocenters. The smallest absolute Gasteiger partial charge is 0.330 e. The second kappa shape index (κ2) is 5.88. The summed E-state index contributed by atoms with van der Waals surface area (Å²) in [5.74, 6) is -0.427. The highest BCUT2D eigenvalue weighted by Crippen LogP contribution is 1.92. The molecule has 4 nitrogen and oxygen atoms in total. The van der Waals surface area contributed by atoms with Gasteiger partial charge >= 0.3 is 5.97 Å². The Morgan fingerprint density at radius 2 is 1.82 bits per heavy atom. The van der Waals surface area contributed by atoms with Crippen molar-refractivity contribution in [3.05, 3.63) is 12.2 Å². The summed E-state index contributed by atoms with van der Waals surface area (Å²) in [5.41, 5.74) is 0. The highest BCUT2D eigenvalue weighted by atomic mass is 16.7. The van der Waals surface area contributed by atoms with E-state index in [1.807, 2.05) is 0 Å². The van der Waals surface area contributed by atoms with Gasteiger partial charge in [-0.1, -0.05) is 0 Å². The lowest BCUT2D eigenvalue weighted by Crippen LogP contribution is -2.09. The van der Waals surface area contributed by atoms with Crippen LogP contribution in [0.5, 0.6) is 0 Å². The molecule has 0 aromatic rings. The SMILES string of the molecule is COC(=O)/C=C/C(OC)OC. The lowest BCUT2D eigenvalue weighted by Gasteiger charge is -2.06. The van der Waals surface area contributed by atoms with E-state index in [1.165, 1.54) is 33.5 Å². The lowest BCUT2D eigenvalue weighted by molar-refractivity contribution is -0.135. The molecule has 0 radical (unpaired) electrons. The fourth-order valence-corrected chi connectivity index (χ4v) is 0.479. The molecule has 0 aliphatic rings. The van der Waals surface area contributed by atoms with E-state index in [2.05, 4.69) is 4.74 Å². The van der Waals surface area contributed by atoms with Gasteiger partial charge in [0.15, 0.2) is 6.29 Å². The third kappa shape index (κ3) is 4.52. The van der Waals surface area contributed by atoms with E-state index in [1.54, 1.807) is 0 Å². The summed E-state index contributed by atoms with van der Waals surface area (Å²) in [5, 5.41) is 0. The minimum atomic E-state index is -0.492. The summed E-state index contributed by atoms with van der Waals surface area (Å²) in [6, 6.07) is 0. The maximum Gasteiger partial charge on any atom is 0.330 e. The molecule has 0 N–H and O–H groups in total. The van der Waals surface area contributed by atoms with Gasteiger partial charge in [-0.3, -0.25) is 0 Å². The minimum absolute atomic E-state index is 0.427. The van der Waals surface area contributed by atoms with Crippen molar-refractivity contribution in [3.8, 4) is 0 Å². The van der Waals surface area contributed by atoms with Crippen LogP contribution in [0.1, 0.15) is 0 Å². The van der Waals surface area contributed by atoms with Gasteiger partial charge in [-0.2, -0.15) is 0 Å². The Bertz CT molecular complexity index is 137. The van der Waals surface area contributed by atoms with E-state index < -0.39 is 12.3 Å². The number of carbonyl (C=O) groups is 1. The summed E-state index contributed by atoms with van der Waals surface area (Å²) in [4.78, 5) is 10.5. The zero-order chi connectivity index (χ0) is 8.69. The van der Waals surface area contributed by atoms with Gasteiger partial charge in [-0.05, 0) is 6.08 Å². The number of ether oxygens (including phenoxy) is 3. The molecule has 0 saturated carbocycles. The van der Waals surface area contributed by atoms with Crippen LogP contribution < -0.4 is 0 Å². The Labute approximate surface area is 65.7 Å². The molecule has 0 aromatic carbocycles. The normalized spacial score (nSPS) is 10.9. The van der Waals surface area contributed by atoms with Gasteiger partial charge in [0.1, 0.15) is 0 Å². The average molecular weight is 160 g/mol. The molecular weight excluding hydrogens is 148 g/mol. The zero-order valence-electron chi connectivity index (χ0n) is 6.87. The van der Waals surface area contributed by atoms with Gasteiger partial charge in [0, 0.05) is 20.3 Å². The largest absolute Gasteiger partial charge is 0.466 e. The minimum Gasteiger partial charge on any atom is -0.466 e. The number of methoxy groups -OCH3 is 3. The Hall–Kier alpha value is -0.870. The monoisotopic (exact) mass is 160 g/mol. The number of carbonyl (C=O) groups excluding carboxylic acids is 1. The van der Waals surface area contributed by atoms with Crippen molar-refractivity contribution in [2.45, 2.75) is 6.29 Å². The maximum atomic E-state index is 10.5. The Balaban J connectivity index is 3.78. The fraction of sp³-hybridized carbons (Fsp3) is 0.571. The van der Waals surface area contributed by atoms with Crippen molar-refractivity contribution in [1.29, 1.82) is 0 Å². The second-order valence-electron chi connectivity index (χ2n) is 1.72. The van der Waals surface area contributed by atoms with Gasteiger partial charge in [0.2, 0.25) is 0 Å². The van der Waals surface area contributed by atoms with E-state index in [-0.39, 0.29) is 0 Å². The Morgan fingerprint density at radius 1 is 1.27 bits per heavy atom. The van der Waals surface area contributed by atoms with Crippen molar-refractivity contribution in [2.75, 3.05) is 21.3 Å². The zero-order valence-corrected chi connectivity index (χ0v) is 6.87. The number of hydrogen-bond donors (Lipinski definition) is 0. The molecule has 0 aliphatic heterocycles. The number of esters is 1. The molecule has 64 valence electrons. The first-order valence-corrected chi connectivity index (χ1v) is 3.06. The molecule has 0 fully saturated rings. The number of rotatable bonds is 4. The molecule has 0 saturated heterocycles. The first kappa shape index (κ1) is 10.1. The third-order valence-electron chi connectivity index (χ3n) is 1.06. The highest BCUT2D eigenvalue weighted by Gasteiger charge is 1.99. The molecular formula is C7H12O4. The first-order chi connectivity index (χ1) is 5.24. The first-order valence-electron chi connectivity index (χ1n) is 3.06. The molecule has 0 atom stereocenters. The molecule has 0 amide bonds. The fourth-order valence-electron chi connectivity index (χ4n) is 0.479. The van der Waals surface area contributed by atoms with Crippen LogP contribution in [0.25, 0.3) is 0 Å². The van der Waals surface area contributed by atoms with Gasteiger partial charge in [-0.25, -0.2) is 4.79 Å². The second-order valence-corrected chi connectivity index (χ2v) is 1.72. The van der Waals surface area contributed by atoms with Crippen molar-refractivity contribution in [3.63, 3.8) is 0 Å². The lowest BCUT2D eigenvalue weighted by atomic mass is 10.5. The topological polar surface area (TPSA) is 44.8 Å². The van der Waals surface area contributed by atoms with Crippen LogP contribution in [0, 0.1) is 0 Å². The van der Waals surface area contributed by atoms with E-state index in [0.29, 0.717) is 0 Å². The highest BCUT2D eigenvalue weighted by molar-refractivity contribution is 5.81. The summed E-state index contributed by atoms with van der Waals surface area (Å²) < 4.78 is 13.9. The molecule has 0 bridgehead atoms. The predicted octanol–water partition coefficient (Wildman–Crippen LogP) is 0.334. The van der Waals surface area contributed by atoms with Crippen LogP contribution in [-0.4, -0.2) is 33.6 Å². The molecule has 0 aromatic heterocycles. The summed E-state index contributed by atoms with van der Waals surface area (Å²) in [6.45, 7) is 0. The Morgan fingerprint density at radius 3 is 2.18 bits per heavy atom. The summed E-state index contributed by atoms with van der Waals surface area (Å²) >= 11 is 0. The predicted molar refractivity (Wildman–Crippen MR) is 39.0 cm³/mol. The number of hydrogen-bond acceptors (Lipinski definition) is 4. The van der Waals surface area contributed by atoms with Crippen LogP contribution >= 0.6 is 0 Å². The van der Waals surface area contributed by atoms with Crippen LogP contribution in [0.15, 0.2) is 12.2 Å². The van der Waals surface area contributed by atoms with E-state index in [0.717, 1.165) is 0 Å². The van der Waals surface area contributed by atoms with Gasteiger partial charge in [0.05, 0.1) is 7.11 Å². The van der Waals surface area contributed by atoms with Crippen molar-refractivity contribution in [1.82, 2.24) is 0 Å².